The van der Waals surface area contributed by atoms with Crippen molar-refractivity contribution in [2.24, 2.45) is 0 Å². The Morgan fingerprint density at radius 2 is 1.76 bits per heavy atom. The van der Waals surface area contributed by atoms with Crippen LogP contribution in [0.4, 0.5) is 5.69 Å². The highest BCUT2D eigenvalue weighted by atomic mass is 32.2. The van der Waals surface area contributed by atoms with E-state index in [9.17, 15) is 0 Å². The zero-order valence-electron chi connectivity index (χ0n) is 9.84. The van der Waals surface area contributed by atoms with Crippen LogP contribution in [0.15, 0.2) is 29.2 Å². The normalized spacial score (nSPS) is 10.5. The predicted molar refractivity (Wildman–Crippen MR) is 69.7 cm³/mol. The third-order valence-corrected chi connectivity index (χ3v) is 3.39. The highest BCUT2D eigenvalue weighted by Crippen LogP contribution is 2.22. The summed E-state index contributed by atoms with van der Waals surface area (Å²) in [5.74, 6) is 1.48. The number of benzene rings is 1. The van der Waals surface area contributed by atoms with Crippen molar-refractivity contribution in [1.29, 1.82) is 0 Å². The van der Waals surface area contributed by atoms with Gasteiger partial charge in [-0.25, -0.2) is 4.98 Å². The zero-order valence-corrected chi connectivity index (χ0v) is 10.7. The molecule has 5 heteroatoms. The molecule has 0 radical (unpaired) electrons. The molecule has 0 aliphatic rings. The maximum absolute atomic E-state index is 5.63. The van der Waals surface area contributed by atoms with Crippen LogP contribution >= 0.6 is 11.8 Å². The maximum Gasteiger partial charge on any atom is 0.161 e. The summed E-state index contributed by atoms with van der Waals surface area (Å²) in [6.45, 7) is 3.85. The van der Waals surface area contributed by atoms with Crippen molar-refractivity contribution in [1.82, 2.24) is 15.2 Å². The number of aromatic nitrogens is 3. The fourth-order valence-corrected chi connectivity index (χ4v) is 2.02. The number of thioether (sulfide) groups is 1. The molecule has 4 nitrogen and oxygen atoms in total. The van der Waals surface area contributed by atoms with Crippen LogP contribution < -0.4 is 5.73 Å². The Bertz CT molecular complexity index is 510. The summed E-state index contributed by atoms with van der Waals surface area (Å²) in [7, 11) is 0. The molecule has 0 unspecified atom stereocenters. The van der Waals surface area contributed by atoms with E-state index < -0.39 is 0 Å². The summed E-state index contributed by atoms with van der Waals surface area (Å²) in [4.78, 5) is 5.54. The minimum atomic E-state index is 0.720. The number of aryl methyl sites for hydroxylation is 2. The van der Waals surface area contributed by atoms with E-state index in [0.29, 0.717) is 0 Å². The van der Waals surface area contributed by atoms with Crippen LogP contribution in [0.2, 0.25) is 0 Å². The van der Waals surface area contributed by atoms with Gasteiger partial charge >= 0.3 is 0 Å². The minimum Gasteiger partial charge on any atom is -0.399 e. The number of rotatable bonds is 3. The monoisotopic (exact) mass is 246 g/mol. The van der Waals surface area contributed by atoms with Gasteiger partial charge in [0, 0.05) is 10.6 Å². The predicted octanol–water partition coefficient (Wildman–Crippen LogP) is 2.36. The van der Waals surface area contributed by atoms with E-state index in [1.807, 2.05) is 38.1 Å². The first kappa shape index (κ1) is 11.9. The number of nitrogen functional groups attached to an aromatic ring is 1. The Morgan fingerprint density at radius 1 is 1.06 bits per heavy atom. The van der Waals surface area contributed by atoms with E-state index in [4.69, 9.17) is 5.73 Å². The van der Waals surface area contributed by atoms with Crippen LogP contribution in [0, 0.1) is 13.8 Å². The van der Waals surface area contributed by atoms with Gasteiger partial charge in [-0.05, 0) is 38.1 Å². The van der Waals surface area contributed by atoms with Crippen molar-refractivity contribution in [3.63, 3.8) is 0 Å². The van der Waals surface area contributed by atoms with E-state index in [2.05, 4.69) is 15.2 Å². The Labute approximate surface area is 105 Å². The van der Waals surface area contributed by atoms with Crippen molar-refractivity contribution >= 4 is 17.4 Å². The first-order valence-electron chi connectivity index (χ1n) is 5.30. The number of hydrogen-bond acceptors (Lipinski definition) is 5. The van der Waals surface area contributed by atoms with Crippen LogP contribution in [-0.4, -0.2) is 15.2 Å². The quantitative estimate of drug-likeness (QED) is 0.665. The number of nitrogens with zero attached hydrogens (tertiary/aromatic N) is 3. The summed E-state index contributed by atoms with van der Waals surface area (Å²) >= 11 is 1.68. The molecule has 0 atom stereocenters. The van der Waals surface area contributed by atoms with Gasteiger partial charge in [0.25, 0.3) is 0 Å². The van der Waals surface area contributed by atoms with E-state index in [0.717, 1.165) is 33.5 Å². The fourth-order valence-electron chi connectivity index (χ4n) is 1.28. The second-order valence-corrected chi connectivity index (χ2v) is 4.81. The van der Waals surface area contributed by atoms with Crippen LogP contribution in [0.5, 0.6) is 0 Å². The second-order valence-electron chi connectivity index (χ2n) is 3.76. The summed E-state index contributed by atoms with van der Waals surface area (Å²) in [6.07, 6.45) is 0. The lowest BCUT2D eigenvalue weighted by Gasteiger charge is -2.03. The first-order valence-corrected chi connectivity index (χ1v) is 6.29. The van der Waals surface area contributed by atoms with E-state index >= 15 is 0 Å². The Balaban J connectivity index is 2.02. The molecule has 0 saturated heterocycles. The van der Waals surface area contributed by atoms with Crippen molar-refractivity contribution in [3.8, 4) is 0 Å². The lowest BCUT2D eigenvalue weighted by Crippen LogP contribution is -2.01. The van der Waals surface area contributed by atoms with E-state index in [-0.39, 0.29) is 0 Å². The minimum absolute atomic E-state index is 0.720. The van der Waals surface area contributed by atoms with Crippen LogP contribution in [0.1, 0.15) is 17.2 Å². The molecule has 2 aromatic rings. The summed E-state index contributed by atoms with van der Waals surface area (Å²) in [5, 5.41) is 8.12. The topological polar surface area (TPSA) is 64.7 Å². The van der Waals surface area contributed by atoms with E-state index in [1.165, 1.54) is 0 Å². The van der Waals surface area contributed by atoms with Crippen LogP contribution in [0.3, 0.4) is 0 Å². The number of anilines is 1. The lowest BCUT2D eigenvalue weighted by atomic mass is 10.3. The van der Waals surface area contributed by atoms with Gasteiger partial charge in [0.15, 0.2) is 5.82 Å². The summed E-state index contributed by atoms with van der Waals surface area (Å²) < 4.78 is 0. The molecule has 0 bridgehead atoms. The molecule has 0 aliphatic heterocycles. The van der Waals surface area contributed by atoms with Gasteiger partial charge in [0.05, 0.1) is 17.1 Å². The molecule has 2 rings (SSSR count). The third kappa shape index (κ3) is 3.17. The third-order valence-electron chi connectivity index (χ3n) is 2.38. The zero-order chi connectivity index (χ0) is 12.3. The molecule has 0 aliphatic carbocycles. The highest BCUT2D eigenvalue weighted by molar-refractivity contribution is 7.98. The Hall–Kier alpha value is -1.62. The smallest absolute Gasteiger partial charge is 0.161 e. The first-order chi connectivity index (χ1) is 8.15. The van der Waals surface area contributed by atoms with Gasteiger partial charge in [-0.15, -0.1) is 16.9 Å². The lowest BCUT2D eigenvalue weighted by molar-refractivity contribution is 0.841. The number of hydrogen-bond donors (Lipinski definition) is 1. The van der Waals surface area contributed by atoms with Gasteiger partial charge in [-0.3, -0.25) is 0 Å². The standard InChI is InChI=1S/C12H14N4S/c1-8-9(2)15-16-12(14-8)7-17-11-5-3-10(13)4-6-11/h3-6H,7,13H2,1-2H3. The number of nitrogens with two attached hydrogens (primary N) is 1. The molecular formula is C12H14N4S. The molecule has 2 N–H and O–H groups in total. The van der Waals surface area contributed by atoms with Gasteiger partial charge in [0.2, 0.25) is 0 Å². The molecule has 1 heterocycles. The van der Waals surface area contributed by atoms with Crippen molar-refractivity contribution in [3.05, 3.63) is 41.5 Å². The van der Waals surface area contributed by atoms with Crippen molar-refractivity contribution in [2.45, 2.75) is 24.5 Å². The highest BCUT2D eigenvalue weighted by Gasteiger charge is 2.02. The second kappa shape index (κ2) is 5.14. The molecule has 0 saturated carbocycles. The van der Waals surface area contributed by atoms with Gasteiger partial charge in [-0.1, -0.05) is 0 Å². The van der Waals surface area contributed by atoms with Gasteiger partial charge < -0.3 is 5.73 Å². The molecule has 17 heavy (non-hydrogen) atoms. The SMILES string of the molecule is Cc1nnc(CSc2ccc(N)cc2)nc1C. The molecule has 0 amide bonds. The molecule has 0 fully saturated rings. The van der Waals surface area contributed by atoms with Crippen molar-refractivity contribution in [2.75, 3.05) is 5.73 Å². The Morgan fingerprint density at radius 3 is 2.41 bits per heavy atom. The largest absolute Gasteiger partial charge is 0.399 e. The van der Waals surface area contributed by atoms with Crippen LogP contribution in [-0.2, 0) is 5.75 Å². The van der Waals surface area contributed by atoms with Crippen LogP contribution in [0.25, 0.3) is 0 Å². The summed E-state index contributed by atoms with van der Waals surface area (Å²) in [6, 6.07) is 7.77. The fraction of sp³-hybridized carbons (Fsp3) is 0.250. The average Bonchev–Trinajstić information content (AvgIpc) is 2.33. The molecular weight excluding hydrogens is 232 g/mol. The molecule has 1 aromatic heterocycles. The Kier molecular flexibility index (Phi) is 3.58. The van der Waals surface area contributed by atoms with E-state index in [1.54, 1.807) is 11.8 Å². The van der Waals surface area contributed by atoms with Gasteiger partial charge in [0.1, 0.15) is 0 Å². The molecule has 88 valence electrons. The summed E-state index contributed by atoms with van der Waals surface area (Å²) in [5.41, 5.74) is 8.22. The van der Waals surface area contributed by atoms with Crippen molar-refractivity contribution < 1.29 is 0 Å². The molecule has 1 aromatic carbocycles. The maximum atomic E-state index is 5.63. The average molecular weight is 246 g/mol. The molecule has 0 spiro atoms. The van der Waals surface area contributed by atoms with Gasteiger partial charge in [-0.2, -0.15) is 5.10 Å².